The van der Waals surface area contributed by atoms with Crippen molar-refractivity contribution in [2.75, 3.05) is 18.8 Å². The molecule has 1 saturated heterocycles. The molecule has 1 saturated carbocycles. The fourth-order valence-corrected chi connectivity index (χ4v) is 5.34. The van der Waals surface area contributed by atoms with Gasteiger partial charge in [-0.25, -0.2) is 0 Å². The highest BCUT2D eigenvalue weighted by Gasteiger charge is 2.63. The van der Waals surface area contributed by atoms with Crippen LogP contribution in [0.3, 0.4) is 0 Å². The highest BCUT2D eigenvalue weighted by Crippen LogP contribution is 2.46. The van der Waals surface area contributed by atoms with Gasteiger partial charge in [0.05, 0.1) is 0 Å². The van der Waals surface area contributed by atoms with Crippen molar-refractivity contribution >= 4 is 17.7 Å². The molecule has 3 rings (SSSR count). The van der Waals surface area contributed by atoms with Crippen LogP contribution < -0.4 is 5.32 Å². The second kappa shape index (κ2) is 8.43. The Morgan fingerprint density at radius 2 is 2.04 bits per heavy atom. The quantitative estimate of drug-likeness (QED) is 0.776. The van der Waals surface area contributed by atoms with Gasteiger partial charge >= 0.3 is 6.18 Å². The Balaban J connectivity index is 1.66. The summed E-state index contributed by atoms with van der Waals surface area (Å²) in [5.41, 5.74) is -1.33. The maximum Gasteiger partial charge on any atom is 0.404 e. The molecule has 1 aromatic rings. The van der Waals surface area contributed by atoms with Crippen molar-refractivity contribution in [1.29, 1.82) is 0 Å². The number of amides is 1. The molecule has 1 heterocycles. The number of hydrogen-bond acceptors (Lipinski definition) is 3. The van der Waals surface area contributed by atoms with Crippen LogP contribution in [0.5, 0.6) is 0 Å². The summed E-state index contributed by atoms with van der Waals surface area (Å²) in [5, 5.41) is 3.19. The Bertz CT molecular complexity index is 640. The maximum absolute atomic E-state index is 14.0. The van der Waals surface area contributed by atoms with E-state index in [0.29, 0.717) is 11.8 Å². The lowest BCUT2D eigenvalue weighted by Crippen LogP contribution is -2.54. The van der Waals surface area contributed by atoms with Crippen molar-refractivity contribution < 1.29 is 18.0 Å². The molecule has 27 heavy (non-hydrogen) atoms. The Hall–Kier alpha value is -1.21. The predicted octanol–water partition coefficient (Wildman–Crippen LogP) is 4.23. The summed E-state index contributed by atoms with van der Waals surface area (Å²) in [4.78, 5) is 14.5. The minimum Gasteiger partial charge on any atom is -0.353 e. The van der Waals surface area contributed by atoms with Gasteiger partial charge in [0.15, 0.2) is 5.41 Å². The van der Waals surface area contributed by atoms with Crippen LogP contribution >= 0.6 is 11.8 Å². The van der Waals surface area contributed by atoms with Gasteiger partial charge in [0.25, 0.3) is 0 Å². The first-order valence-corrected chi connectivity index (χ1v) is 10.6. The van der Waals surface area contributed by atoms with Crippen molar-refractivity contribution in [3.63, 3.8) is 0 Å². The average molecular weight is 401 g/mol. The van der Waals surface area contributed by atoms with Crippen molar-refractivity contribution in [2.45, 2.75) is 56.6 Å². The molecule has 0 bridgehead atoms. The number of carbonyl (C=O) groups is 1. The molecule has 1 N–H and O–H groups in total. The van der Waals surface area contributed by atoms with Crippen LogP contribution in [0.2, 0.25) is 0 Å². The number of carbonyl (C=O) groups excluding carboxylic acids is 1. The molecule has 0 aromatic heterocycles. The Morgan fingerprint density at radius 1 is 1.30 bits per heavy atom. The SMILES string of the molecule is CCSC1CCC(NC(=O)C2(C(F)(F)F)CCN(Cc3ccccc3)C2)C1. The molecule has 2 fully saturated rings. The normalized spacial score (nSPS) is 29.2. The van der Waals surface area contributed by atoms with Crippen LogP contribution in [-0.4, -0.2) is 47.1 Å². The topological polar surface area (TPSA) is 32.3 Å². The standard InChI is InChI=1S/C20H27F3N2OS/c1-2-27-17-9-8-16(12-17)24-18(26)19(20(21,22)23)10-11-25(14-19)13-15-6-4-3-5-7-15/h3-7,16-17H,2,8-14H2,1H3,(H,24,26). The monoisotopic (exact) mass is 400 g/mol. The summed E-state index contributed by atoms with van der Waals surface area (Å²) in [5.74, 6) is 0.157. The van der Waals surface area contributed by atoms with Gasteiger partial charge in [0.2, 0.25) is 5.91 Å². The van der Waals surface area contributed by atoms with Gasteiger partial charge in [-0.3, -0.25) is 9.69 Å². The molecule has 7 heteroatoms. The first-order valence-electron chi connectivity index (χ1n) is 9.59. The van der Waals surface area contributed by atoms with Crippen LogP contribution in [0, 0.1) is 5.41 Å². The molecule has 2 aliphatic rings. The summed E-state index contributed by atoms with van der Waals surface area (Å²) < 4.78 is 41.9. The minimum absolute atomic E-state index is 0.135. The molecule has 0 spiro atoms. The first kappa shape index (κ1) is 20.5. The molecule has 0 radical (unpaired) electrons. The second-order valence-corrected chi connectivity index (χ2v) is 9.16. The number of nitrogens with one attached hydrogen (secondary N) is 1. The highest BCUT2D eigenvalue weighted by atomic mass is 32.2. The molecular formula is C20H27F3N2OS. The number of hydrogen-bond donors (Lipinski definition) is 1. The van der Waals surface area contributed by atoms with Crippen molar-refractivity contribution in [3.05, 3.63) is 35.9 Å². The molecule has 3 atom stereocenters. The lowest BCUT2D eigenvalue weighted by Gasteiger charge is -2.32. The summed E-state index contributed by atoms with van der Waals surface area (Å²) >= 11 is 1.83. The number of likely N-dealkylation sites (tertiary alicyclic amines) is 1. The number of alkyl halides is 3. The van der Waals surface area contributed by atoms with Gasteiger partial charge < -0.3 is 5.32 Å². The smallest absolute Gasteiger partial charge is 0.353 e. The van der Waals surface area contributed by atoms with Gasteiger partial charge in [-0.1, -0.05) is 37.3 Å². The van der Waals surface area contributed by atoms with E-state index in [1.165, 1.54) is 0 Å². The maximum atomic E-state index is 14.0. The van der Waals surface area contributed by atoms with Crippen molar-refractivity contribution in [3.8, 4) is 0 Å². The molecule has 1 aromatic carbocycles. The Kier molecular flexibility index (Phi) is 6.41. The third-order valence-electron chi connectivity index (χ3n) is 5.70. The van der Waals surface area contributed by atoms with Crippen LogP contribution in [0.15, 0.2) is 30.3 Å². The van der Waals surface area contributed by atoms with Crippen LogP contribution in [0.4, 0.5) is 13.2 Å². The summed E-state index contributed by atoms with van der Waals surface area (Å²) in [7, 11) is 0. The van der Waals surface area contributed by atoms with Gasteiger partial charge in [0, 0.05) is 24.4 Å². The zero-order valence-electron chi connectivity index (χ0n) is 15.6. The largest absolute Gasteiger partial charge is 0.404 e. The molecule has 150 valence electrons. The van der Waals surface area contributed by atoms with E-state index < -0.39 is 17.5 Å². The lowest BCUT2D eigenvalue weighted by molar-refractivity contribution is -0.218. The molecule has 3 unspecified atom stereocenters. The van der Waals surface area contributed by atoms with Gasteiger partial charge in [-0.2, -0.15) is 24.9 Å². The van der Waals surface area contributed by atoms with E-state index in [4.69, 9.17) is 0 Å². The number of thioether (sulfide) groups is 1. The number of rotatable bonds is 6. The molecule has 1 amide bonds. The van der Waals surface area contributed by atoms with Crippen LogP contribution in [0.1, 0.15) is 38.2 Å². The average Bonchev–Trinajstić information content (AvgIpc) is 3.23. The highest BCUT2D eigenvalue weighted by molar-refractivity contribution is 7.99. The summed E-state index contributed by atoms with van der Waals surface area (Å²) in [6.45, 7) is 2.53. The third kappa shape index (κ3) is 4.62. The number of nitrogens with zero attached hydrogens (tertiary/aromatic N) is 1. The van der Waals surface area contributed by atoms with Crippen molar-refractivity contribution in [1.82, 2.24) is 10.2 Å². The summed E-state index contributed by atoms with van der Waals surface area (Å²) in [6.07, 6.45) is -2.21. The van der Waals surface area contributed by atoms with Crippen molar-refractivity contribution in [2.24, 2.45) is 5.41 Å². The molecule has 1 aliphatic heterocycles. The van der Waals surface area contributed by atoms with E-state index in [2.05, 4.69) is 12.2 Å². The van der Waals surface area contributed by atoms with Gasteiger partial charge in [0.1, 0.15) is 0 Å². The van der Waals surface area contributed by atoms with E-state index >= 15 is 0 Å². The van der Waals surface area contributed by atoms with E-state index in [1.54, 1.807) is 4.90 Å². The lowest BCUT2D eigenvalue weighted by atomic mass is 9.84. The predicted molar refractivity (Wildman–Crippen MR) is 103 cm³/mol. The third-order valence-corrected chi connectivity index (χ3v) is 6.93. The van der Waals surface area contributed by atoms with Gasteiger partial charge in [-0.05, 0) is 43.5 Å². The fraction of sp³-hybridized carbons (Fsp3) is 0.650. The zero-order chi connectivity index (χ0) is 19.5. The van der Waals surface area contributed by atoms with E-state index in [0.717, 1.165) is 30.6 Å². The fourth-order valence-electron chi connectivity index (χ4n) is 4.19. The van der Waals surface area contributed by atoms with Gasteiger partial charge in [-0.15, -0.1) is 0 Å². The molecule has 1 aliphatic carbocycles. The Labute approximate surface area is 163 Å². The zero-order valence-corrected chi connectivity index (χ0v) is 16.4. The van der Waals surface area contributed by atoms with E-state index in [-0.39, 0.29) is 25.6 Å². The molecule has 3 nitrogen and oxygen atoms in total. The number of benzene rings is 1. The first-order chi connectivity index (χ1) is 12.8. The Morgan fingerprint density at radius 3 is 2.70 bits per heavy atom. The van der Waals surface area contributed by atoms with E-state index in [9.17, 15) is 18.0 Å². The minimum atomic E-state index is -4.54. The molecular weight excluding hydrogens is 373 g/mol. The van der Waals surface area contributed by atoms with E-state index in [1.807, 2.05) is 42.1 Å². The van der Waals surface area contributed by atoms with Crippen LogP contribution in [-0.2, 0) is 11.3 Å². The number of halogens is 3. The summed E-state index contributed by atoms with van der Waals surface area (Å²) in [6, 6.07) is 9.30. The van der Waals surface area contributed by atoms with Crippen LogP contribution in [0.25, 0.3) is 0 Å². The second-order valence-electron chi connectivity index (χ2n) is 7.59.